The van der Waals surface area contributed by atoms with Crippen LogP contribution in [0.5, 0.6) is 5.75 Å². The van der Waals surface area contributed by atoms with Crippen LogP contribution in [0, 0.1) is 0 Å². The summed E-state index contributed by atoms with van der Waals surface area (Å²) >= 11 is 3.41. The molecule has 166 valence electrons. The van der Waals surface area contributed by atoms with Crippen LogP contribution in [0.1, 0.15) is 17.5 Å². The number of nitrogens with one attached hydrogen (secondary N) is 2. The summed E-state index contributed by atoms with van der Waals surface area (Å²) in [6.07, 6.45) is 0.886. The van der Waals surface area contributed by atoms with Crippen LogP contribution in [0.4, 0.5) is 4.39 Å². The molecule has 0 spiro atoms. The molecular weight excluding hydrogens is 469 g/mol. The van der Waals surface area contributed by atoms with Crippen LogP contribution < -0.4 is 15.6 Å². The highest BCUT2D eigenvalue weighted by molar-refractivity contribution is 9.10. The van der Waals surface area contributed by atoms with Crippen molar-refractivity contribution in [1.29, 1.82) is 0 Å². The molecule has 0 fully saturated rings. The summed E-state index contributed by atoms with van der Waals surface area (Å²) in [4.78, 5) is 17.6. The lowest BCUT2D eigenvalue weighted by atomic mass is 9.91. The fourth-order valence-corrected chi connectivity index (χ4v) is 3.34. The van der Waals surface area contributed by atoms with Gasteiger partial charge in [-0.05, 0) is 42.0 Å². The summed E-state index contributed by atoms with van der Waals surface area (Å²) in [5, 5.41) is 8.84. The molecule has 2 aromatic rings. The lowest BCUT2D eigenvalue weighted by Crippen LogP contribution is -2.53. The number of nitrogens with zero attached hydrogens (tertiary/aromatic N) is 1. The van der Waals surface area contributed by atoms with Crippen LogP contribution in [0.15, 0.2) is 58.0 Å². The number of alkyl halides is 1. The smallest absolute Gasteiger partial charge is 0.266 e. The van der Waals surface area contributed by atoms with Gasteiger partial charge in [-0.1, -0.05) is 28.1 Å². The van der Waals surface area contributed by atoms with E-state index in [1.165, 1.54) is 0 Å². The first-order chi connectivity index (χ1) is 15.1. The van der Waals surface area contributed by atoms with Crippen molar-refractivity contribution in [3.63, 3.8) is 0 Å². The number of rotatable bonds is 11. The van der Waals surface area contributed by atoms with Crippen LogP contribution in [-0.4, -0.2) is 55.5 Å². The van der Waals surface area contributed by atoms with Crippen molar-refractivity contribution in [2.75, 3.05) is 33.0 Å². The summed E-state index contributed by atoms with van der Waals surface area (Å²) < 4.78 is 24.7. The van der Waals surface area contributed by atoms with Gasteiger partial charge in [-0.2, -0.15) is 0 Å². The molecule has 1 aliphatic heterocycles. The van der Waals surface area contributed by atoms with Gasteiger partial charge in [0.15, 0.2) is 5.54 Å². The van der Waals surface area contributed by atoms with Gasteiger partial charge >= 0.3 is 0 Å². The maximum absolute atomic E-state index is 13.0. The van der Waals surface area contributed by atoms with Crippen molar-refractivity contribution in [2.45, 2.75) is 18.4 Å². The van der Waals surface area contributed by atoms with Crippen molar-refractivity contribution in [2.24, 2.45) is 4.99 Å². The third-order valence-electron chi connectivity index (χ3n) is 4.69. The van der Waals surface area contributed by atoms with E-state index in [4.69, 9.17) is 14.6 Å². The van der Waals surface area contributed by atoms with Crippen molar-refractivity contribution in [3.05, 3.63) is 64.1 Å². The molecule has 3 rings (SSSR count). The predicted octanol–water partition coefficient (Wildman–Crippen LogP) is 2.56. The van der Waals surface area contributed by atoms with E-state index in [0.717, 1.165) is 15.6 Å². The van der Waals surface area contributed by atoms with E-state index in [1.54, 1.807) is 12.1 Å². The maximum atomic E-state index is 13.0. The SMILES string of the molecule is O=C(NNCCF)[C@]1(Cc2ccc(Br)cc2)COC(c2ccc(OCCCO)cc2)=N1. The largest absolute Gasteiger partial charge is 0.494 e. The van der Waals surface area contributed by atoms with E-state index in [0.29, 0.717) is 31.1 Å². The van der Waals surface area contributed by atoms with Crippen LogP contribution in [0.25, 0.3) is 0 Å². The number of aliphatic hydroxyl groups excluding tert-OH is 1. The van der Waals surface area contributed by atoms with Gasteiger partial charge in [-0.25, -0.2) is 14.8 Å². The maximum Gasteiger partial charge on any atom is 0.266 e. The zero-order chi connectivity index (χ0) is 22.1. The van der Waals surface area contributed by atoms with Crippen molar-refractivity contribution in [1.82, 2.24) is 10.9 Å². The second-order valence-electron chi connectivity index (χ2n) is 7.06. The number of hydrogen-bond donors (Lipinski definition) is 3. The van der Waals surface area contributed by atoms with Gasteiger partial charge in [-0.15, -0.1) is 0 Å². The number of benzene rings is 2. The second kappa shape index (κ2) is 11.2. The van der Waals surface area contributed by atoms with E-state index < -0.39 is 12.2 Å². The zero-order valence-electron chi connectivity index (χ0n) is 16.9. The molecule has 1 atom stereocenters. The molecule has 7 nitrogen and oxygen atoms in total. The number of carbonyl (C=O) groups is 1. The number of aliphatic hydroxyl groups is 1. The van der Waals surface area contributed by atoms with Gasteiger partial charge in [0.25, 0.3) is 5.91 Å². The third kappa shape index (κ3) is 6.25. The minimum atomic E-state index is -1.18. The number of amides is 1. The van der Waals surface area contributed by atoms with E-state index in [-0.39, 0.29) is 25.7 Å². The Kier molecular flexibility index (Phi) is 8.39. The Labute approximate surface area is 188 Å². The molecule has 0 saturated heterocycles. The van der Waals surface area contributed by atoms with Gasteiger partial charge in [0.05, 0.1) is 6.61 Å². The summed E-state index contributed by atoms with van der Waals surface area (Å²) in [5.41, 5.74) is 5.58. The molecule has 2 aromatic carbocycles. The number of aliphatic imine (C=N–C) groups is 1. The van der Waals surface area contributed by atoms with E-state index in [9.17, 15) is 9.18 Å². The molecule has 0 aromatic heterocycles. The summed E-state index contributed by atoms with van der Waals surface area (Å²) in [6.45, 7) is -0.0234. The van der Waals surface area contributed by atoms with E-state index >= 15 is 0 Å². The zero-order valence-corrected chi connectivity index (χ0v) is 18.5. The fourth-order valence-electron chi connectivity index (χ4n) is 3.08. The quantitative estimate of drug-likeness (QED) is 0.330. The number of hydrazine groups is 1. The van der Waals surface area contributed by atoms with Crippen molar-refractivity contribution < 1.29 is 23.8 Å². The Morgan fingerprint density at radius 2 is 1.97 bits per heavy atom. The minimum absolute atomic E-state index is 0.00920. The van der Waals surface area contributed by atoms with Crippen LogP contribution in [0.3, 0.4) is 0 Å². The first kappa shape index (κ1) is 23.2. The molecule has 9 heteroatoms. The van der Waals surface area contributed by atoms with Gasteiger partial charge in [0.1, 0.15) is 19.0 Å². The van der Waals surface area contributed by atoms with Gasteiger partial charge < -0.3 is 14.6 Å². The molecule has 1 aliphatic rings. The highest BCUT2D eigenvalue weighted by Crippen LogP contribution is 2.28. The highest BCUT2D eigenvalue weighted by atomic mass is 79.9. The van der Waals surface area contributed by atoms with E-state index in [1.807, 2.05) is 36.4 Å². The van der Waals surface area contributed by atoms with E-state index in [2.05, 4.69) is 31.8 Å². The molecule has 1 heterocycles. The number of carbonyl (C=O) groups excluding carboxylic acids is 1. The monoisotopic (exact) mass is 493 g/mol. The Hall–Kier alpha value is -2.49. The van der Waals surface area contributed by atoms with Crippen molar-refractivity contribution in [3.8, 4) is 5.75 Å². The number of halogens is 2. The Morgan fingerprint density at radius 1 is 1.23 bits per heavy atom. The van der Waals surface area contributed by atoms with Gasteiger partial charge in [0, 0.05) is 36.0 Å². The lowest BCUT2D eigenvalue weighted by Gasteiger charge is -2.23. The first-order valence-corrected chi connectivity index (χ1v) is 10.8. The fraction of sp³-hybridized carbons (Fsp3) is 0.364. The molecule has 3 N–H and O–H groups in total. The van der Waals surface area contributed by atoms with Crippen molar-refractivity contribution >= 4 is 27.7 Å². The van der Waals surface area contributed by atoms with Crippen LogP contribution in [0.2, 0.25) is 0 Å². The summed E-state index contributed by atoms with van der Waals surface area (Å²) in [5.74, 6) is 0.646. The minimum Gasteiger partial charge on any atom is -0.494 e. The molecule has 0 radical (unpaired) electrons. The van der Waals surface area contributed by atoms with Crippen LogP contribution >= 0.6 is 15.9 Å². The van der Waals surface area contributed by atoms with Gasteiger partial charge in [0.2, 0.25) is 5.90 Å². The standard InChI is InChI=1S/C22H25BrFN3O4/c23-18-6-2-16(3-7-18)14-22(21(29)27-25-11-10-24)15-31-20(26-22)17-4-8-19(9-5-17)30-13-1-12-28/h2-9,25,28H,1,10-15H2,(H,27,29)/t22-/m0/s1. The highest BCUT2D eigenvalue weighted by Gasteiger charge is 2.44. The number of ether oxygens (including phenoxy) is 2. The summed E-state index contributed by atoms with van der Waals surface area (Å²) in [6, 6.07) is 14.8. The molecule has 1 amide bonds. The molecule has 0 unspecified atom stereocenters. The molecule has 31 heavy (non-hydrogen) atoms. The number of hydrogen-bond acceptors (Lipinski definition) is 6. The van der Waals surface area contributed by atoms with Crippen LogP contribution in [-0.2, 0) is 16.0 Å². The molecule has 0 bridgehead atoms. The summed E-state index contributed by atoms with van der Waals surface area (Å²) in [7, 11) is 0. The molecule has 0 saturated carbocycles. The molecule has 0 aliphatic carbocycles. The normalized spacial score (nSPS) is 17.7. The second-order valence-corrected chi connectivity index (χ2v) is 7.98. The lowest BCUT2D eigenvalue weighted by molar-refractivity contribution is -0.127. The third-order valence-corrected chi connectivity index (χ3v) is 5.22. The Morgan fingerprint density at radius 3 is 2.65 bits per heavy atom. The topological polar surface area (TPSA) is 92.2 Å². The average molecular weight is 494 g/mol. The molecular formula is C22H25BrFN3O4. The Balaban J connectivity index is 1.80. The first-order valence-electron chi connectivity index (χ1n) is 9.97. The Bertz CT molecular complexity index is 893. The van der Waals surface area contributed by atoms with Gasteiger partial charge in [-0.3, -0.25) is 10.2 Å². The predicted molar refractivity (Wildman–Crippen MR) is 119 cm³/mol. The average Bonchev–Trinajstić information content (AvgIpc) is 3.21.